The Morgan fingerprint density at radius 3 is 2.76 bits per heavy atom. The Balaban J connectivity index is 1.76. The Morgan fingerprint density at radius 2 is 2.00 bits per heavy atom. The molecule has 3 rings (SSSR count). The van der Waals surface area contributed by atoms with Crippen LogP contribution in [0.4, 0.5) is 5.82 Å². The van der Waals surface area contributed by atoms with Gasteiger partial charge in [-0.15, -0.1) is 0 Å². The van der Waals surface area contributed by atoms with Crippen molar-refractivity contribution in [2.24, 2.45) is 0 Å². The van der Waals surface area contributed by atoms with E-state index in [0.29, 0.717) is 24.3 Å². The van der Waals surface area contributed by atoms with Crippen LogP contribution in [-0.2, 0) is 6.42 Å². The van der Waals surface area contributed by atoms with Gasteiger partial charge in [0.05, 0.1) is 17.1 Å². The molecule has 3 heterocycles. The third-order valence-corrected chi connectivity index (χ3v) is 4.62. The van der Waals surface area contributed by atoms with Gasteiger partial charge in [0.2, 0.25) is 0 Å². The van der Waals surface area contributed by atoms with E-state index in [-0.39, 0.29) is 5.91 Å². The summed E-state index contributed by atoms with van der Waals surface area (Å²) >= 11 is 0. The SMILES string of the molecule is CCc1noc(C)c1C(=O)N1CCCN(c2nc(C)cnc2C)CC1. The molecule has 134 valence electrons. The first-order valence-electron chi connectivity index (χ1n) is 8.80. The zero-order chi connectivity index (χ0) is 18.0. The molecule has 0 atom stereocenters. The highest BCUT2D eigenvalue weighted by atomic mass is 16.5. The smallest absolute Gasteiger partial charge is 0.259 e. The second-order valence-corrected chi connectivity index (χ2v) is 6.47. The Kier molecular flexibility index (Phi) is 5.01. The maximum Gasteiger partial charge on any atom is 0.259 e. The molecule has 2 aromatic rings. The summed E-state index contributed by atoms with van der Waals surface area (Å²) < 4.78 is 5.22. The van der Waals surface area contributed by atoms with E-state index in [4.69, 9.17) is 4.52 Å². The summed E-state index contributed by atoms with van der Waals surface area (Å²) in [5.41, 5.74) is 3.20. The van der Waals surface area contributed by atoms with Crippen LogP contribution < -0.4 is 4.90 Å². The minimum Gasteiger partial charge on any atom is -0.361 e. The largest absolute Gasteiger partial charge is 0.361 e. The molecular formula is C18H25N5O2. The highest BCUT2D eigenvalue weighted by Crippen LogP contribution is 2.20. The molecule has 1 fully saturated rings. The molecule has 7 heteroatoms. The summed E-state index contributed by atoms with van der Waals surface area (Å²) in [5.74, 6) is 1.54. The first kappa shape index (κ1) is 17.4. The van der Waals surface area contributed by atoms with Crippen LogP contribution >= 0.6 is 0 Å². The Bertz CT molecular complexity index is 771. The number of hydrogen-bond acceptors (Lipinski definition) is 6. The van der Waals surface area contributed by atoms with E-state index >= 15 is 0 Å². The van der Waals surface area contributed by atoms with E-state index < -0.39 is 0 Å². The molecule has 1 aliphatic heterocycles. The fourth-order valence-corrected chi connectivity index (χ4v) is 3.25. The van der Waals surface area contributed by atoms with Gasteiger partial charge < -0.3 is 14.3 Å². The van der Waals surface area contributed by atoms with E-state index in [9.17, 15) is 4.79 Å². The average molecular weight is 343 g/mol. The number of aromatic nitrogens is 3. The first-order chi connectivity index (χ1) is 12.0. The Labute approximate surface area is 148 Å². The van der Waals surface area contributed by atoms with Gasteiger partial charge in [0.15, 0.2) is 0 Å². The van der Waals surface area contributed by atoms with Crippen LogP contribution in [0.2, 0.25) is 0 Å². The fourth-order valence-electron chi connectivity index (χ4n) is 3.25. The lowest BCUT2D eigenvalue weighted by atomic mass is 10.1. The topological polar surface area (TPSA) is 75.4 Å². The van der Waals surface area contributed by atoms with Gasteiger partial charge >= 0.3 is 0 Å². The molecule has 2 aromatic heterocycles. The molecule has 0 aliphatic carbocycles. The normalized spacial score (nSPS) is 15.4. The van der Waals surface area contributed by atoms with Crippen molar-refractivity contribution in [3.63, 3.8) is 0 Å². The number of nitrogens with zero attached hydrogens (tertiary/aromatic N) is 5. The monoisotopic (exact) mass is 343 g/mol. The summed E-state index contributed by atoms with van der Waals surface area (Å²) in [6, 6.07) is 0. The third-order valence-electron chi connectivity index (χ3n) is 4.62. The van der Waals surface area contributed by atoms with Crippen LogP contribution in [0.25, 0.3) is 0 Å². The van der Waals surface area contributed by atoms with Crippen LogP contribution in [0.15, 0.2) is 10.7 Å². The zero-order valence-electron chi connectivity index (χ0n) is 15.4. The number of carbonyl (C=O) groups excluding carboxylic acids is 1. The Morgan fingerprint density at radius 1 is 1.20 bits per heavy atom. The van der Waals surface area contributed by atoms with Gasteiger partial charge in [0, 0.05) is 32.4 Å². The maximum atomic E-state index is 13.0. The first-order valence-corrected chi connectivity index (χ1v) is 8.80. The van der Waals surface area contributed by atoms with Crippen LogP contribution in [0, 0.1) is 20.8 Å². The van der Waals surface area contributed by atoms with Crippen molar-refractivity contribution in [3.8, 4) is 0 Å². The minimum atomic E-state index is 0.0181. The van der Waals surface area contributed by atoms with E-state index in [0.717, 1.165) is 49.0 Å². The van der Waals surface area contributed by atoms with Crippen molar-refractivity contribution in [1.82, 2.24) is 20.0 Å². The predicted molar refractivity (Wildman–Crippen MR) is 94.9 cm³/mol. The lowest BCUT2D eigenvalue weighted by Gasteiger charge is -2.24. The summed E-state index contributed by atoms with van der Waals surface area (Å²) in [6.45, 7) is 10.7. The molecule has 1 amide bonds. The molecule has 0 bridgehead atoms. The number of aryl methyl sites for hydroxylation is 4. The predicted octanol–water partition coefficient (Wildman–Crippen LogP) is 2.30. The zero-order valence-corrected chi connectivity index (χ0v) is 15.4. The van der Waals surface area contributed by atoms with Gasteiger partial charge in [0.25, 0.3) is 5.91 Å². The summed E-state index contributed by atoms with van der Waals surface area (Å²) in [5, 5.41) is 4.01. The van der Waals surface area contributed by atoms with Crippen LogP contribution in [0.1, 0.15) is 46.5 Å². The number of anilines is 1. The molecule has 0 saturated carbocycles. The van der Waals surface area contributed by atoms with Crippen molar-refractivity contribution in [2.45, 2.75) is 40.5 Å². The van der Waals surface area contributed by atoms with Crippen molar-refractivity contribution >= 4 is 11.7 Å². The highest BCUT2D eigenvalue weighted by Gasteiger charge is 2.27. The summed E-state index contributed by atoms with van der Waals surface area (Å²) in [4.78, 5) is 26.1. The lowest BCUT2D eigenvalue weighted by Crippen LogP contribution is -2.36. The summed E-state index contributed by atoms with van der Waals surface area (Å²) in [7, 11) is 0. The Hall–Kier alpha value is -2.44. The number of amides is 1. The van der Waals surface area contributed by atoms with E-state index in [2.05, 4.69) is 20.0 Å². The molecular weight excluding hydrogens is 318 g/mol. The number of rotatable bonds is 3. The van der Waals surface area contributed by atoms with Crippen LogP contribution in [0.5, 0.6) is 0 Å². The maximum absolute atomic E-state index is 13.0. The molecule has 0 aromatic carbocycles. The lowest BCUT2D eigenvalue weighted by molar-refractivity contribution is 0.0764. The molecule has 1 saturated heterocycles. The van der Waals surface area contributed by atoms with Gasteiger partial charge in [-0.1, -0.05) is 12.1 Å². The molecule has 1 aliphatic rings. The number of carbonyl (C=O) groups is 1. The summed E-state index contributed by atoms with van der Waals surface area (Å²) in [6.07, 6.45) is 3.37. The van der Waals surface area contributed by atoms with Crippen LogP contribution in [0.3, 0.4) is 0 Å². The van der Waals surface area contributed by atoms with Crippen molar-refractivity contribution in [3.05, 3.63) is 34.6 Å². The highest BCUT2D eigenvalue weighted by molar-refractivity contribution is 5.96. The van der Waals surface area contributed by atoms with Crippen molar-refractivity contribution in [1.29, 1.82) is 0 Å². The van der Waals surface area contributed by atoms with E-state index in [1.165, 1.54) is 0 Å². The van der Waals surface area contributed by atoms with Crippen LogP contribution in [-0.4, -0.2) is 52.1 Å². The van der Waals surface area contributed by atoms with E-state index in [1.54, 1.807) is 13.1 Å². The third kappa shape index (κ3) is 3.50. The van der Waals surface area contributed by atoms with Gasteiger partial charge in [-0.2, -0.15) is 0 Å². The molecule has 0 N–H and O–H groups in total. The number of hydrogen-bond donors (Lipinski definition) is 0. The van der Waals surface area contributed by atoms with Crippen molar-refractivity contribution < 1.29 is 9.32 Å². The quantitative estimate of drug-likeness (QED) is 0.851. The molecule has 7 nitrogen and oxygen atoms in total. The van der Waals surface area contributed by atoms with Crippen molar-refractivity contribution in [2.75, 3.05) is 31.1 Å². The second-order valence-electron chi connectivity index (χ2n) is 6.47. The molecule has 0 spiro atoms. The van der Waals surface area contributed by atoms with Gasteiger partial charge in [-0.3, -0.25) is 9.78 Å². The average Bonchev–Trinajstić information content (AvgIpc) is 2.81. The van der Waals surface area contributed by atoms with E-state index in [1.807, 2.05) is 25.7 Å². The van der Waals surface area contributed by atoms with Gasteiger partial charge in [-0.05, 0) is 33.6 Å². The fraction of sp³-hybridized carbons (Fsp3) is 0.556. The molecule has 0 radical (unpaired) electrons. The molecule has 25 heavy (non-hydrogen) atoms. The van der Waals surface area contributed by atoms with Gasteiger partial charge in [0.1, 0.15) is 17.1 Å². The van der Waals surface area contributed by atoms with Gasteiger partial charge in [-0.25, -0.2) is 4.98 Å². The minimum absolute atomic E-state index is 0.0181. The standard InChI is InChI=1S/C18H25N5O2/c1-5-15-16(14(4)25-21-15)18(24)23-8-6-7-22(9-10-23)17-13(3)19-11-12(2)20-17/h11H,5-10H2,1-4H3. The molecule has 0 unspecified atom stereocenters. The second kappa shape index (κ2) is 7.21.